The normalized spacial score (nSPS) is 20.5. The number of hydrogen-bond acceptors (Lipinski definition) is 4. The molecule has 2 rings (SSSR count). The number of aromatic nitrogens is 2. The number of hydrogen-bond donors (Lipinski definition) is 0. The summed E-state index contributed by atoms with van der Waals surface area (Å²) < 4.78 is 10.8. The van der Waals surface area contributed by atoms with Crippen LogP contribution in [-0.4, -0.2) is 29.3 Å². The van der Waals surface area contributed by atoms with Crippen molar-refractivity contribution in [3.63, 3.8) is 0 Å². The number of ether oxygens (including phenoxy) is 2. The lowest BCUT2D eigenvalue weighted by Crippen LogP contribution is -2.17. The maximum Gasteiger partial charge on any atom is 0.237 e. The summed E-state index contributed by atoms with van der Waals surface area (Å²) in [6.45, 7) is 1.25. The van der Waals surface area contributed by atoms with E-state index in [2.05, 4.69) is 9.97 Å². The van der Waals surface area contributed by atoms with Gasteiger partial charge in [-0.25, -0.2) is 4.98 Å². The van der Waals surface area contributed by atoms with E-state index in [1.165, 1.54) is 6.20 Å². The second kappa shape index (κ2) is 4.96. The van der Waals surface area contributed by atoms with Gasteiger partial charge in [0.05, 0.1) is 12.3 Å². The predicted octanol–water partition coefficient (Wildman–Crippen LogP) is 2.34. The molecule has 2 heterocycles. The van der Waals surface area contributed by atoms with Gasteiger partial charge >= 0.3 is 0 Å². The third-order valence-corrected chi connectivity index (χ3v) is 2.55. The molecule has 1 aliphatic rings. The van der Waals surface area contributed by atoms with Gasteiger partial charge in [0.2, 0.25) is 11.2 Å². The zero-order valence-corrected chi connectivity index (χ0v) is 9.46. The van der Waals surface area contributed by atoms with E-state index in [1.54, 1.807) is 0 Å². The van der Waals surface area contributed by atoms with E-state index in [0.29, 0.717) is 17.5 Å². The second-order valence-electron chi connectivity index (χ2n) is 3.24. The Morgan fingerprint density at radius 2 is 2.40 bits per heavy atom. The van der Waals surface area contributed by atoms with Crippen LogP contribution in [0.4, 0.5) is 0 Å². The van der Waals surface area contributed by atoms with Crippen molar-refractivity contribution in [2.75, 3.05) is 13.2 Å². The summed E-state index contributed by atoms with van der Waals surface area (Å²) in [5, 5.41) is 0.485. The lowest BCUT2D eigenvalue weighted by molar-refractivity contribution is 0.0663. The summed E-state index contributed by atoms with van der Waals surface area (Å²) in [5.74, 6) is 0.312. The predicted molar refractivity (Wildman–Crippen MR) is 56.5 cm³/mol. The zero-order valence-electron chi connectivity index (χ0n) is 7.95. The van der Waals surface area contributed by atoms with Crippen LogP contribution in [0, 0.1) is 0 Å². The molecule has 1 aromatic heterocycles. The van der Waals surface area contributed by atoms with Gasteiger partial charge in [0.25, 0.3) is 0 Å². The Kier molecular flexibility index (Phi) is 3.61. The molecule has 82 valence electrons. The van der Waals surface area contributed by atoms with Gasteiger partial charge < -0.3 is 9.47 Å². The molecule has 4 nitrogen and oxygen atoms in total. The molecule has 1 aliphatic heterocycles. The number of nitrogens with zero attached hydrogens (tertiary/aromatic N) is 2. The Hall–Kier alpha value is -0.580. The highest BCUT2D eigenvalue weighted by Crippen LogP contribution is 2.23. The highest BCUT2D eigenvalue weighted by Gasteiger charge is 2.17. The Balaban J connectivity index is 1.94. The molecule has 1 unspecified atom stereocenters. The fraction of sp³-hybridized carbons (Fsp3) is 0.556. The molecule has 1 saturated heterocycles. The van der Waals surface area contributed by atoms with Crippen molar-refractivity contribution in [2.24, 2.45) is 0 Å². The van der Waals surface area contributed by atoms with Gasteiger partial charge in [-0.15, -0.1) is 0 Å². The smallest absolute Gasteiger partial charge is 0.237 e. The molecule has 0 spiro atoms. The first-order chi connectivity index (χ1) is 7.25. The maximum atomic E-state index is 5.83. The number of rotatable bonds is 3. The van der Waals surface area contributed by atoms with Crippen LogP contribution in [0.25, 0.3) is 0 Å². The maximum absolute atomic E-state index is 5.83. The van der Waals surface area contributed by atoms with E-state index >= 15 is 0 Å². The Labute approximate surface area is 97.5 Å². The lowest BCUT2D eigenvalue weighted by Gasteiger charge is -2.11. The summed E-state index contributed by atoms with van der Waals surface area (Å²) in [7, 11) is 0. The average molecular weight is 249 g/mol. The molecule has 0 bridgehead atoms. The standard InChI is InChI=1S/C9H10Cl2N2O2/c10-7-4-12-9(11)13-8(7)15-5-6-2-1-3-14-6/h4,6H,1-3,5H2. The fourth-order valence-electron chi connectivity index (χ4n) is 1.38. The van der Waals surface area contributed by atoms with Crippen molar-refractivity contribution in [2.45, 2.75) is 18.9 Å². The highest BCUT2D eigenvalue weighted by atomic mass is 35.5. The Morgan fingerprint density at radius 3 is 3.13 bits per heavy atom. The minimum absolute atomic E-state index is 0.127. The molecule has 6 heteroatoms. The van der Waals surface area contributed by atoms with Crippen LogP contribution in [0.15, 0.2) is 6.20 Å². The highest BCUT2D eigenvalue weighted by molar-refractivity contribution is 6.32. The summed E-state index contributed by atoms with van der Waals surface area (Å²) in [4.78, 5) is 7.61. The monoisotopic (exact) mass is 248 g/mol. The summed E-state index contributed by atoms with van der Waals surface area (Å²) in [6, 6.07) is 0. The van der Waals surface area contributed by atoms with E-state index in [9.17, 15) is 0 Å². The second-order valence-corrected chi connectivity index (χ2v) is 3.98. The van der Waals surface area contributed by atoms with Crippen LogP contribution in [0.3, 0.4) is 0 Å². The number of halogens is 2. The molecule has 15 heavy (non-hydrogen) atoms. The van der Waals surface area contributed by atoms with Crippen molar-refractivity contribution in [3.8, 4) is 5.88 Å². The molecule has 0 aliphatic carbocycles. The first kappa shape index (κ1) is 10.9. The Morgan fingerprint density at radius 1 is 1.53 bits per heavy atom. The van der Waals surface area contributed by atoms with Crippen LogP contribution in [0.1, 0.15) is 12.8 Å². The van der Waals surface area contributed by atoms with Crippen molar-refractivity contribution < 1.29 is 9.47 Å². The topological polar surface area (TPSA) is 44.2 Å². The molecule has 1 fully saturated rings. The molecule has 0 saturated carbocycles. The molecule has 0 amide bonds. The van der Waals surface area contributed by atoms with E-state index in [1.807, 2.05) is 0 Å². The minimum Gasteiger partial charge on any atom is -0.474 e. The summed E-state index contributed by atoms with van der Waals surface area (Å²) >= 11 is 11.5. The van der Waals surface area contributed by atoms with Gasteiger partial charge in [-0.2, -0.15) is 4.98 Å². The fourth-order valence-corrected chi connectivity index (χ4v) is 1.65. The first-order valence-corrected chi connectivity index (χ1v) is 5.44. The van der Waals surface area contributed by atoms with Crippen LogP contribution in [-0.2, 0) is 4.74 Å². The molecule has 1 atom stereocenters. The SMILES string of the molecule is Clc1ncc(Cl)c(OCC2CCCO2)n1. The molecular formula is C9H10Cl2N2O2. The van der Waals surface area contributed by atoms with E-state index in [4.69, 9.17) is 32.7 Å². The lowest BCUT2D eigenvalue weighted by atomic mass is 10.2. The van der Waals surface area contributed by atoms with Crippen LogP contribution < -0.4 is 4.74 Å². The largest absolute Gasteiger partial charge is 0.474 e. The van der Waals surface area contributed by atoms with Crippen LogP contribution >= 0.6 is 23.2 Å². The molecule has 1 aromatic rings. The van der Waals surface area contributed by atoms with Gasteiger partial charge in [0, 0.05) is 6.61 Å². The van der Waals surface area contributed by atoms with Gasteiger partial charge in [-0.05, 0) is 24.4 Å². The zero-order chi connectivity index (χ0) is 10.7. The van der Waals surface area contributed by atoms with Crippen LogP contribution in [0.2, 0.25) is 10.3 Å². The molecule has 0 aromatic carbocycles. The Bertz CT molecular complexity index is 343. The van der Waals surface area contributed by atoms with Gasteiger partial charge in [0.15, 0.2) is 0 Å². The average Bonchev–Trinajstić information content (AvgIpc) is 2.72. The molecule has 0 radical (unpaired) electrons. The third-order valence-electron chi connectivity index (χ3n) is 2.11. The van der Waals surface area contributed by atoms with Crippen molar-refractivity contribution in [3.05, 3.63) is 16.5 Å². The van der Waals surface area contributed by atoms with Crippen molar-refractivity contribution in [1.82, 2.24) is 9.97 Å². The van der Waals surface area contributed by atoms with Gasteiger partial charge in [-0.3, -0.25) is 0 Å². The quantitative estimate of drug-likeness (QED) is 0.771. The van der Waals surface area contributed by atoms with Crippen LogP contribution in [0.5, 0.6) is 5.88 Å². The van der Waals surface area contributed by atoms with E-state index < -0.39 is 0 Å². The summed E-state index contributed by atoms with van der Waals surface area (Å²) in [5.41, 5.74) is 0. The summed E-state index contributed by atoms with van der Waals surface area (Å²) in [6.07, 6.45) is 3.64. The van der Waals surface area contributed by atoms with E-state index in [0.717, 1.165) is 19.4 Å². The van der Waals surface area contributed by atoms with Gasteiger partial charge in [0.1, 0.15) is 11.6 Å². The molecule has 0 N–H and O–H groups in total. The first-order valence-electron chi connectivity index (χ1n) is 4.68. The molecular weight excluding hydrogens is 239 g/mol. The minimum atomic E-state index is 0.127. The third kappa shape index (κ3) is 2.93. The van der Waals surface area contributed by atoms with Crippen molar-refractivity contribution >= 4 is 23.2 Å². The van der Waals surface area contributed by atoms with Crippen molar-refractivity contribution in [1.29, 1.82) is 0 Å². The van der Waals surface area contributed by atoms with Gasteiger partial charge in [-0.1, -0.05) is 11.6 Å². The van der Waals surface area contributed by atoms with E-state index in [-0.39, 0.29) is 11.4 Å².